The fourth-order valence-corrected chi connectivity index (χ4v) is 2.12. The zero-order chi connectivity index (χ0) is 11.0. The van der Waals surface area contributed by atoms with Crippen LogP contribution in [0.5, 0.6) is 0 Å². The molecule has 3 aromatic rings. The van der Waals surface area contributed by atoms with Crippen LogP contribution in [0, 0.1) is 0 Å². The first-order chi connectivity index (χ1) is 7.90. The average molecular weight is 208 g/mol. The van der Waals surface area contributed by atoms with Crippen LogP contribution in [0.1, 0.15) is 0 Å². The topological polar surface area (TPSA) is 24.9 Å². The van der Waals surface area contributed by atoms with Crippen molar-refractivity contribution in [3.63, 3.8) is 0 Å². The van der Waals surface area contributed by atoms with E-state index in [0.29, 0.717) is 0 Å². The molecule has 0 aliphatic heterocycles. The number of hydrogen-bond donors (Lipinski definition) is 1. The standard InChI is InChI=1S/C14H12N2/c1-15-12-6-2-4-10-7-8-11-5-3-9-16-14(11)13(10)12/h2-9,15H,1H3. The summed E-state index contributed by atoms with van der Waals surface area (Å²) in [6.45, 7) is 0. The Labute approximate surface area is 93.9 Å². The van der Waals surface area contributed by atoms with E-state index < -0.39 is 0 Å². The highest BCUT2D eigenvalue weighted by atomic mass is 14.8. The first-order valence-corrected chi connectivity index (χ1v) is 5.34. The van der Waals surface area contributed by atoms with Crippen LogP contribution in [0.15, 0.2) is 48.7 Å². The van der Waals surface area contributed by atoms with Gasteiger partial charge in [0.15, 0.2) is 0 Å². The van der Waals surface area contributed by atoms with Crippen LogP contribution >= 0.6 is 0 Å². The second kappa shape index (κ2) is 3.49. The van der Waals surface area contributed by atoms with Gasteiger partial charge in [0.05, 0.1) is 5.52 Å². The predicted molar refractivity (Wildman–Crippen MR) is 68.8 cm³/mol. The smallest absolute Gasteiger partial charge is 0.0801 e. The number of nitrogens with one attached hydrogen (secondary N) is 1. The second-order valence-corrected chi connectivity index (χ2v) is 3.79. The normalized spacial score (nSPS) is 10.8. The Bertz CT molecular complexity index is 659. The molecule has 0 radical (unpaired) electrons. The molecule has 1 heterocycles. The first kappa shape index (κ1) is 9.16. The molecule has 0 atom stereocenters. The molecular weight excluding hydrogens is 196 g/mol. The van der Waals surface area contributed by atoms with Crippen molar-refractivity contribution < 1.29 is 0 Å². The largest absolute Gasteiger partial charge is 0.388 e. The van der Waals surface area contributed by atoms with Gasteiger partial charge in [-0.15, -0.1) is 0 Å². The zero-order valence-corrected chi connectivity index (χ0v) is 9.07. The van der Waals surface area contributed by atoms with E-state index in [1.165, 1.54) is 16.2 Å². The summed E-state index contributed by atoms with van der Waals surface area (Å²) in [6, 6.07) is 14.6. The van der Waals surface area contributed by atoms with Gasteiger partial charge in [0.25, 0.3) is 0 Å². The lowest BCUT2D eigenvalue weighted by atomic mass is 10.0. The third-order valence-electron chi connectivity index (χ3n) is 2.88. The summed E-state index contributed by atoms with van der Waals surface area (Å²) >= 11 is 0. The minimum absolute atomic E-state index is 1.06. The Balaban J connectivity index is 2.57. The first-order valence-electron chi connectivity index (χ1n) is 5.34. The highest BCUT2D eigenvalue weighted by Gasteiger charge is 2.04. The van der Waals surface area contributed by atoms with E-state index >= 15 is 0 Å². The third kappa shape index (κ3) is 1.23. The van der Waals surface area contributed by atoms with Crippen LogP contribution in [0.4, 0.5) is 5.69 Å². The van der Waals surface area contributed by atoms with Crippen LogP contribution in [0.2, 0.25) is 0 Å². The molecule has 0 aliphatic carbocycles. The van der Waals surface area contributed by atoms with Crippen LogP contribution in [0.25, 0.3) is 21.7 Å². The van der Waals surface area contributed by atoms with Gasteiger partial charge in [-0.05, 0) is 17.5 Å². The van der Waals surface area contributed by atoms with E-state index in [-0.39, 0.29) is 0 Å². The summed E-state index contributed by atoms with van der Waals surface area (Å²) in [5.41, 5.74) is 2.19. The number of aromatic nitrogens is 1. The zero-order valence-electron chi connectivity index (χ0n) is 9.07. The molecule has 2 heteroatoms. The van der Waals surface area contributed by atoms with Crippen LogP contribution in [-0.2, 0) is 0 Å². The van der Waals surface area contributed by atoms with E-state index in [4.69, 9.17) is 0 Å². The fourth-order valence-electron chi connectivity index (χ4n) is 2.12. The molecule has 0 spiro atoms. The van der Waals surface area contributed by atoms with Crippen molar-refractivity contribution in [1.82, 2.24) is 4.98 Å². The molecule has 2 aromatic carbocycles. The number of pyridine rings is 1. The van der Waals surface area contributed by atoms with Gasteiger partial charge in [0.2, 0.25) is 0 Å². The fraction of sp³-hybridized carbons (Fsp3) is 0.0714. The Morgan fingerprint density at radius 1 is 0.938 bits per heavy atom. The quantitative estimate of drug-likeness (QED) is 0.620. The summed E-state index contributed by atoms with van der Waals surface area (Å²) in [7, 11) is 1.94. The van der Waals surface area contributed by atoms with E-state index in [1.54, 1.807) is 0 Å². The maximum absolute atomic E-state index is 4.48. The number of anilines is 1. The lowest BCUT2D eigenvalue weighted by molar-refractivity contribution is 1.42. The summed E-state index contributed by atoms with van der Waals surface area (Å²) in [4.78, 5) is 4.48. The van der Waals surface area contributed by atoms with E-state index in [2.05, 4.69) is 46.7 Å². The molecule has 0 aliphatic rings. The van der Waals surface area contributed by atoms with Crippen molar-refractivity contribution in [2.24, 2.45) is 0 Å². The molecule has 0 saturated heterocycles. The number of hydrogen-bond acceptors (Lipinski definition) is 2. The molecule has 16 heavy (non-hydrogen) atoms. The molecule has 78 valence electrons. The van der Waals surface area contributed by atoms with Crippen molar-refractivity contribution in [2.45, 2.75) is 0 Å². The lowest BCUT2D eigenvalue weighted by Gasteiger charge is -2.08. The molecule has 1 N–H and O–H groups in total. The van der Waals surface area contributed by atoms with Gasteiger partial charge in [-0.1, -0.05) is 30.3 Å². The molecule has 0 saturated carbocycles. The monoisotopic (exact) mass is 208 g/mol. The highest BCUT2D eigenvalue weighted by Crippen LogP contribution is 2.29. The van der Waals surface area contributed by atoms with Gasteiger partial charge in [-0.2, -0.15) is 0 Å². The minimum atomic E-state index is 1.06. The van der Waals surface area contributed by atoms with E-state index in [0.717, 1.165) is 11.2 Å². The van der Waals surface area contributed by atoms with Gasteiger partial charge < -0.3 is 5.32 Å². The van der Waals surface area contributed by atoms with Crippen molar-refractivity contribution in [1.29, 1.82) is 0 Å². The molecule has 0 unspecified atom stereocenters. The summed E-state index contributed by atoms with van der Waals surface area (Å²) in [5.74, 6) is 0. The van der Waals surface area contributed by atoms with Crippen molar-refractivity contribution >= 4 is 27.4 Å². The SMILES string of the molecule is CNc1cccc2ccc3cccnc3c12. The molecule has 0 bridgehead atoms. The summed E-state index contributed by atoms with van der Waals surface area (Å²) < 4.78 is 0. The number of rotatable bonds is 1. The van der Waals surface area contributed by atoms with Crippen LogP contribution in [0.3, 0.4) is 0 Å². The van der Waals surface area contributed by atoms with Gasteiger partial charge >= 0.3 is 0 Å². The second-order valence-electron chi connectivity index (χ2n) is 3.79. The maximum atomic E-state index is 4.48. The molecular formula is C14H12N2. The predicted octanol–water partition coefficient (Wildman–Crippen LogP) is 3.43. The Hall–Kier alpha value is -2.09. The van der Waals surface area contributed by atoms with Crippen molar-refractivity contribution in [2.75, 3.05) is 12.4 Å². The van der Waals surface area contributed by atoms with Crippen molar-refractivity contribution in [3.8, 4) is 0 Å². The Morgan fingerprint density at radius 2 is 1.75 bits per heavy atom. The number of fused-ring (bicyclic) bond motifs is 3. The van der Waals surface area contributed by atoms with E-state index in [9.17, 15) is 0 Å². The van der Waals surface area contributed by atoms with Gasteiger partial charge in [-0.3, -0.25) is 4.98 Å². The van der Waals surface area contributed by atoms with Crippen molar-refractivity contribution in [3.05, 3.63) is 48.7 Å². The third-order valence-corrected chi connectivity index (χ3v) is 2.88. The maximum Gasteiger partial charge on any atom is 0.0801 e. The van der Waals surface area contributed by atoms with Gasteiger partial charge in [0, 0.05) is 29.7 Å². The van der Waals surface area contributed by atoms with Crippen LogP contribution in [-0.4, -0.2) is 12.0 Å². The Morgan fingerprint density at radius 3 is 2.62 bits per heavy atom. The average Bonchev–Trinajstić information content (AvgIpc) is 2.37. The lowest BCUT2D eigenvalue weighted by Crippen LogP contribution is -1.90. The highest BCUT2D eigenvalue weighted by molar-refractivity contribution is 6.11. The molecule has 0 amide bonds. The van der Waals surface area contributed by atoms with Gasteiger partial charge in [0.1, 0.15) is 0 Å². The summed E-state index contributed by atoms with van der Waals surface area (Å²) in [5, 5.41) is 6.82. The van der Waals surface area contributed by atoms with Gasteiger partial charge in [-0.25, -0.2) is 0 Å². The van der Waals surface area contributed by atoms with E-state index in [1.807, 2.05) is 19.3 Å². The number of benzene rings is 2. The number of nitrogens with zero attached hydrogens (tertiary/aromatic N) is 1. The van der Waals surface area contributed by atoms with Crippen LogP contribution < -0.4 is 5.32 Å². The molecule has 1 aromatic heterocycles. The Kier molecular flexibility index (Phi) is 2.00. The molecule has 3 rings (SSSR count). The molecule has 0 fully saturated rings. The molecule has 2 nitrogen and oxygen atoms in total. The summed E-state index contributed by atoms with van der Waals surface area (Å²) in [6.07, 6.45) is 1.84. The minimum Gasteiger partial charge on any atom is -0.388 e.